The molecule has 0 aliphatic carbocycles. The summed E-state index contributed by atoms with van der Waals surface area (Å²) in [6.45, 7) is 1.15. The van der Waals surface area contributed by atoms with Gasteiger partial charge in [0.2, 0.25) is 0 Å². The van der Waals surface area contributed by atoms with Crippen molar-refractivity contribution in [3.05, 3.63) is 0 Å². The van der Waals surface area contributed by atoms with Crippen LogP contribution < -0.4 is 0 Å². The van der Waals surface area contributed by atoms with Crippen molar-refractivity contribution >= 4 is 0 Å². The molecule has 0 aliphatic heterocycles. The van der Waals surface area contributed by atoms with Crippen molar-refractivity contribution in [1.29, 1.82) is 0 Å². The quantitative estimate of drug-likeness (QED) is 0.380. The summed E-state index contributed by atoms with van der Waals surface area (Å²) in [4.78, 5) is 0. The van der Waals surface area contributed by atoms with E-state index in [0.29, 0.717) is 0 Å². The Kier molecular flexibility index (Phi) is 3.81. The lowest BCUT2D eigenvalue weighted by atomic mass is 10.1. The summed E-state index contributed by atoms with van der Waals surface area (Å²) in [7, 11) is 0. The molecule has 0 amide bonds. The predicted molar refractivity (Wildman–Crippen MR) is 35.2 cm³/mol. The molecule has 0 rings (SSSR count). The van der Waals surface area contributed by atoms with Crippen LogP contribution in [-0.2, 0) is 0 Å². The van der Waals surface area contributed by atoms with Crippen molar-refractivity contribution in [2.75, 3.05) is 6.61 Å². The minimum atomic E-state index is -1.85. The van der Waals surface area contributed by atoms with Gasteiger partial charge in [-0.2, -0.15) is 0 Å². The maximum Gasteiger partial charge on any atom is 0.164 e. The molecule has 4 N–H and O–H groups in total. The smallest absolute Gasteiger partial charge is 0.164 e. The van der Waals surface area contributed by atoms with E-state index in [4.69, 9.17) is 20.4 Å². The highest BCUT2D eigenvalue weighted by molar-refractivity contribution is 4.67. The monoisotopic (exact) mass is 150 g/mol. The van der Waals surface area contributed by atoms with Crippen molar-refractivity contribution in [3.63, 3.8) is 0 Å². The fourth-order valence-corrected chi connectivity index (χ4v) is 0.586. The normalized spacial score (nSPS) is 15.3. The SMILES string of the molecule is CCC(O)(O)CC(O)CO. The van der Waals surface area contributed by atoms with Gasteiger partial charge in [0, 0.05) is 6.42 Å². The van der Waals surface area contributed by atoms with Gasteiger partial charge in [-0.1, -0.05) is 6.92 Å². The van der Waals surface area contributed by atoms with Gasteiger partial charge in [0.1, 0.15) is 0 Å². The summed E-state index contributed by atoms with van der Waals surface area (Å²) in [5, 5.41) is 34.9. The van der Waals surface area contributed by atoms with E-state index < -0.39 is 18.5 Å². The zero-order valence-electron chi connectivity index (χ0n) is 5.99. The third-order valence-electron chi connectivity index (χ3n) is 1.34. The van der Waals surface area contributed by atoms with Crippen LogP contribution in [-0.4, -0.2) is 38.9 Å². The minimum absolute atomic E-state index is 0.143. The molecular formula is C6H14O4. The van der Waals surface area contributed by atoms with Gasteiger partial charge in [-0.15, -0.1) is 0 Å². The summed E-state index contributed by atoms with van der Waals surface area (Å²) in [5.74, 6) is -1.85. The summed E-state index contributed by atoms with van der Waals surface area (Å²) in [6, 6.07) is 0. The maximum absolute atomic E-state index is 8.91. The van der Waals surface area contributed by atoms with E-state index in [1.807, 2.05) is 0 Å². The van der Waals surface area contributed by atoms with Crippen molar-refractivity contribution < 1.29 is 20.4 Å². The molecule has 0 aromatic heterocycles. The summed E-state index contributed by atoms with van der Waals surface area (Å²) in [5.41, 5.74) is 0. The first kappa shape index (κ1) is 9.84. The zero-order chi connectivity index (χ0) is 8.20. The third-order valence-corrected chi connectivity index (χ3v) is 1.34. The molecule has 0 aliphatic rings. The van der Waals surface area contributed by atoms with E-state index in [1.54, 1.807) is 6.92 Å². The van der Waals surface area contributed by atoms with Crippen LogP contribution in [0.5, 0.6) is 0 Å². The summed E-state index contributed by atoms with van der Waals surface area (Å²) < 4.78 is 0. The van der Waals surface area contributed by atoms with Crippen molar-refractivity contribution in [2.45, 2.75) is 31.7 Å². The number of hydrogen-bond donors (Lipinski definition) is 4. The van der Waals surface area contributed by atoms with Crippen LogP contribution in [0.15, 0.2) is 0 Å². The Hall–Kier alpha value is -0.160. The van der Waals surface area contributed by atoms with Crippen LogP contribution >= 0.6 is 0 Å². The Morgan fingerprint density at radius 2 is 1.90 bits per heavy atom. The van der Waals surface area contributed by atoms with E-state index in [-0.39, 0.29) is 12.8 Å². The first-order valence-electron chi connectivity index (χ1n) is 3.25. The lowest BCUT2D eigenvalue weighted by molar-refractivity contribution is -0.184. The largest absolute Gasteiger partial charge is 0.394 e. The standard InChI is InChI=1S/C6H14O4/c1-2-6(9,10)3-5(8)4-7/h5,7-10H,2-4H2,1H3. The van der Waals surface area contributed by atoms with E-state index in [1.165, 1.54) is 0 Å². The summed E-state index contributed by atoms with van der Waals surface area (Å²) in [6.07, 6.45) is -1.11. The zero-order valence-corrected chi connectivity index (χ0v) is 5.99. The highest BCUT2D eigenvalue weighted by atomic mass is 16.5. The molecule has 0 radical (unpaired) electrons. The molecule has 0 saturated heterocycles. The molecule has 0 spiro atoms. The number of aliphatic hydroxyl groups is 4. The van der Waals surface area contributed by atoms with Crippen LogP contribution in [0.4, 0.5) is 0 Å². The highest BCUT2D eigenvalue weighted by Crippen LogP contribution is 2.12. The molecular weight excluding hydrogens is 136 g/mol. The lowest BCUT2D eigenvalue weighted by Gasteiger charge is -2.21. The van der Waals surface area contributed by atoms with Crippen LogP contribution in [0, 0.1) is 0 Å². The molecule has 10 heavy (non-hydrogen) atoms. The van der Waals surface area contributed by atoms with Gasteiger partial charge in [0.05, 0.1) is 12.7 Å². The Morgan fingerprint density at radius 1 is 1.40 bits per heavy atom. The van der Waals surface area contributed by atoms with Gasteiger partial charge < -0.3 is 20.4 Å². The molecule has 1 atom stereocenters. The van der Waals surface area contributed by atoms with E-state index in [0.717, 1.165) is 0 Å². The van der Waals surface area contributed by atoms with Gasteiger partial charge in [-0.3, -0.25) is 0 Å². The fraction of sp³-hybridized carbons (Fsp3) is 1.00. The average Bonchev–Trinajstić information content (AvgIpc) is 1.87. The Morgan fingerprint density at radius 3 is 2.20 bits per heavy atom. The molecule has 0 fully saturated rings. The Balaban J connectivity index is 3.64. The molecule has 62 valence electrons. The van der Waals surface area contributed by atoms with E-state index in [9.17, 15) is 0 Å². The van der Waals surface area contributed by atoms with Crippen LogP contribution in [0.3, 0.4) is 0 Å². The molecule has 0 aromatic carbocycles. The van der Waals surface area contributed by atoms with Crippen LogP contribution in [0.2, 0.25) is 0 Å². The second kappa shape index (κ2) is 3.88. The molecule has 0 saturated carbocycles. The van der Waals surface area contributed by atoms with Gasteiger partial charge in [0.25, 0.3) is 0 Å². The molecule has 0 heterocycles. The molecule has 0 bridgehead atoms. The van der Waals surface area contributed by atoms with Crippen molar-refractivity contribution in [2.24, 2.45) is 0 Å². The first-order chi connectivity index (χ1) is 4.52. The topological polar surface area (TPSA) is 80.9 Å². The number of rotatable bonds is 4. The fourth-order valence-electron chi connectivity index (χ4n) is 0.586. The van der Waals surface area contributed by atoms with Crippen LogP contribution in [0.1, 0.15) is 19.8 Å². The van der Waals surface area contributed by atoms with Gasteiger partial charge >= 0.3 is 0 Å². The number of aliphatic hydroxyl groups excluding tert-OH is 2. The second-order valence-electron chi connectivity index (χ2n) is 2.38. The predicted octanol–water partition coefficient (Wildman–Crippen LogP) is -1.18. The van der Waals surface area contributed by atoms with Crippen LogP contribution in [0.25, 0.3) is 0 Å². The minimum Gasteiger partial charge on any atom is -0.394 e. The van der Waals surface area contributed by atoms with E-state index >= 15 is 0 Å². The maximum atomic E-state index is 8.91. The third kappa shape index (κ3) is 3.79. The van der Waals surface area contributed by atoms with Crippen molar-refractivity contribution in [1.82, 2.24) is 0 Å². The summed E-state index contributed by atoms with van der Waals surface area (Å²) >= 11 is 0. The van der Waals surface area contributed by atoms with Gasteiger partial charge in [-0.05, 0) is 6.42 Å². The average molecular weight is 150 g/mol. The molecule has 4 heteroatoms. The second-order valence-corrected chi connectivity index (χ2v) is 2.38. The highest BCUT2D eigenvalue weighted by Gasteiger charge is 2.23. The van der Waals surface area contributed by atoms with Gasteiger partial charge in [0.15, 0.2) is 5.79 Å². The van der Waals surface area contributed by atoms with E-state index in [2.05, 4.69) is 0 Å². The van der Waals surface area contributed by atoms with Gasteiger partial charge in [-0.25, -0.2) is 0 Å². The molecule has 0 aromatic rings. The lowest BCUT2D eigenvalue weighted by Crippen LogP contribution is -2.33. The molecule has 1 unspecified atom stereocenters. The first-order valence-corrected chi connectivity index (χ1v) is 3.25. The Labute approximate surface area is 59.7 Å². The molecule has 4 nitrogen and oxygen atoms in total. The van der Waals surface area contributed by atoms with Crippen molar-refractivity contribution in [3.8, 4) is 0 Å². The Bertz CT molecular complexity index is 91.7. The number of hydrogen-bond acceptors (Lipinski definition) is 4.